The Hall–Kier alpha value is -0.240. The van der Waals surface area contributed by atoms with Gasteiger partial charge in [0.1, 0.15) is 0 Å². The molecular formula is C12H25NO5. The van der Waals surface area contributed by atoms with Gasteiger partial charge in [-0.3, -0.25) is 0 Å². The van der Waals surface area contributed by atoms with Gasteiger partial charge in [0.05, 0.1) is 45.2 Å². The average molecular weight is 263 g/mol. The number of rotatable bonds is 11. The molecule has 0 spiro atoms. The number of nitrogens with one attached hydrogen (secondary N) is 1. The van der Waals surface area contributed by atoms with E-state index in [0.29, 0.717) is 39.5 Å². The van der Waals surface area contributed by atoms with Gasteiger partial charge in [0.2, 0.25) is 0 Å². The van der Waals surface area contributed by atoms with Gasteiger partial charge in [-0.1, -0.05) is 0 Å². The van der Waals surface area contributed by atoms with Crippen LogP contribution in [0, 0.1) is 0 Å². The summed E-state index contributed by atoms with van der Waals surface area (Å²) in [6.45, 7) is 3.78. The van der Waals surface area contributed by atoms with Crippen molar-refractivity contribution in [3.63, 3.8) is 0 Å². The van der Waals surface area contributed by atoms with Gasteiger partial charge in [-0.15, -0.1) is 0 Å². The molecule has 0 aromatic heterocycles. The Balaban J connectivity index is 1.82. The normalized spacial score (nSPS) is 21.3. The van der Waals surface area contributed by atoms with Crippen molar-refractivity contribution in [2.75, 3.05) is 52.7 Å². The predicted octanol–water partition coefficient (Wildman–Crippen LogP) is -0.859. The molecule has 1 aliphatic rings. The number of aliphatic hydroxyl groups excluding tert-OH is 2. The largest absolute Gasteiger partial charge is 0.394 e. The molecule has 2 atom stereocenters. The van der Waals surface area contributed by atoms with Crippen LogP contribution in [0.5, 0.6) is 0 Å². The average Bonchev–Trinajstić information content (AvgIpc) is 2.87. The fourth-order valence-electron chi connectivity index (χ4n) is 1.75. The first-order valence-electron chi connectivity index (χ1n) is 6.59. The molecule has 108 valence electrons. The minimum absolute atomic E-state index is 0.0414. The Morgan fingerprint density at radius 3 is 2.94 bits per heavy atom. The van der Waals surface area contributed by atoms with E-state index >= 15 is 0 Å². The summed E-state index contributed by atoms with van der Waals surface area (Å²) in [6.07, 6.45) is 1.85. The van der Waals surface area contributed by atoms with Gasteiger partial charge >= 0.3 is 0 Å². The van der Waals surface area contributed by atoms with Crippen LogP contribution < -0.4 is 5.32 Å². The maximum Gasteiger partial charge on any atom is 0.0897 e. The van der Waals surface area contributed by atoms with Crippen molar-refractivity contribution in [3.8, 4) is 0 Å². The number of hydrogen-bond donors (Lipinski definition) is 3. The van der Waals surface area contributed by atoms with Crippen LogP contribution in [0.2, 0.25) is 0 Å². The summed E-state index contributed by atoms with van der Waals surface area (Å²) in [5.74, 6) is 0. The van der Waals surface area contributed by atoms with Crippen LogP contribution in [0.3, 0.4) is 0 Å². The predicted molar refractivity (Wildman–Crippen MR) is 66.6 cm³/mol. The molecule has 1 fully saturated rings. The first kappa shape index (κ1) is 15.8. The fourth-order valence-corrected chi connectivity index (χ4v) is 1.75. The standard InChI is InChI=1S/C12H25NO5/c14-4-7-16-6-3-13-8-11(15)9-17-10-12-2-1-5-18-12/h11-15H,1-10H2/t11-,12+/m0/s1. The van der Waals surface area contributed by atoms with E-state index in [1.165, 1.54) is 0 Å². The second-order valence-electron chi connectivity index (χ2n) is 4.37. The highest BCUT2D eigenvalue weighted by Gasteiger charge is 2.15. The van der Waals surface area contributed by atoms with Gasteiger partial charge in [0.15, 0.2) is 0 Å². The smallest absolute Gasteiger partial charge is 0.0897 e. The molecule has 6 heteroatoms. The summed E-state index contributed by atoms with van der Waals surface area (Å²) in [5, 5.41) is 21.2. The van der Waals surface area contributed by atoms with E-state index in [-0.39, 0.29) is 12.7 Å². The molecule has 18 heavy (non-hydrogen) atoms. The summed E-state index contributed by atoms with van der Waals surface area (Å²) in [5.41, 5.74) is 0. The molecule has 1 rings (SSSR count). The molecule has 0 aromatic carbocycles. The molecule has 0 amide bonds. The van der Waals surface area contributed by atoms with Gasteiger partial charge in [-0.25, -0.2) is 0 Å². The SMILES string of the molecule is OCCOCCNC[C@H](O)COC[C@H]1CCCO1. The van der Waals surface area contributed by atoms with Gasteiger partial charge in [0.25, 0.3) is 0 Å². The third kappa shape index (κ3) is 7.97. The van der Waals surface area contributed by atoms with Crippen LogP contribution in [-0.2, 0) is 14.2 Å². The third-order valence-electron chi connectivity index (χ3n) is 2.68. The summed E-state index contributed by atoms with van der Waals surface area (Å²) in [6, 6.07) is 0. The van der Waals surface area contributed by atoms with Crippen molar-refractivity contribution in [1.29, 1.82) is 0 Å². The van der Waals surface area contributed by atoms with Crippen LogP contribution in [0.25, 0.3) is 0 Å². The summed E-state index contributed by atoms with van der Waals surface area (Å²) < 4.78 is 15.9. The molecule has 1 aliphatic heterocycles. The summed E-state index contributed by atoms with van der Waals surface area (Å²) >= 11 is 0. The Morgan fingerprint density at radius 1 is 1.33 bits per heavy atom. The van der Waals surface area contributed by atoms with E-state index in [0.717, 1.165) is 19.4 Å². The number of ether oxygens (including phenoxy) is 3. The van der Waals surface area contributed by atoms with E-state index in [1.54, 1.807) is 0 Å². The van der Waals surface area contributed by atoms with Crippen molar-refractivity contribution in [1.82, 2.24) is 5.32 Å². The summed E-state index contributed by atoms with van der Waals surface area (Å²) in [7, 11) is 0. The zero-order valence-corrected chi connectivity index (χ0v) is 10.8. The molecule has 6 nitrogen and oxygen atoms in total. The molecule has 1 heterocycles. The van der Waals surface area contributed by atoms with E-state index < -0.39 is 6.10 Å². The minimum atomic E-state index is -0.510. The second kappa shape index (κ2) is 10.7. The van der Waals surface area contributed by atoms with E-state index in [1.807, 2.05) is 0 Å². The lowest BCUT2D eigenvalue weighted by molar-refractivity contribution is -0.0167. The molecular weight excluding hydrogens is 238 g/mol. The highest BCUT2D eigenvalue weighted by atomic mass is 16.5. The first-order valence-corrected chi connectivity index (χ1v) is 6.59. The second-order valence-corrected chi connectivity index (χ2v) is 4.37. The lowest BCUT2D eigenvalue weighted by Gasteiger charge is -2.14. The Bertz CT molecular complexity index is 187. The molecule has 0 aliphatic carbocycles. The van der Waals surface area contributed by atoms with E-state index in [4.69, 9.17) is 19.3 Å². The Morgan fingerprint density at radius 2 is 2.22 bits per heavy atom. The zero-order valence-electron chi connectivity index (χ0n) is 10.8. The number of aliphatic hydroxyl groups is 2. The van der Waals surface area contributed by atoms with Gasteiger partial charge in [-0.2, -0.15) is 0 Å². The van der Waals surface area contributed by atoms with Crippen LogP contribution in [0.1, 0.15) is 12.8 Å². The lowest BCUT2D eigenvalue weighted by atomic mass is 10.2. The Labute approximate surface area is 108 Å². The highest BCUT2D eigenvalue weighted by molar-refractivity contribution is 4.64. The van der Waals surface area contributed by atoms with Gasteiger partial charge in [0, 0.05) is 19.7 Å². The molecule has 0 bridgehead atoms. The van der Waals surface area contributed by atoms with Crippen LogP contribution >= 0.6 is 0 Å². The number of hydrogen-bond acceptors (Lipinski definition) is 6. The van der Waals surface area contributed by atoms with Crippen LogP contribution in [0.15, 0.2) is 0 Å². The van der Waals surface area contributed by atoms with Crippen molar-refractivity contribution in [2.45, 2.75) is 25.0 Å². The van der Waals surface area contributed by atoms with Gasteiger partial charge < -0.3 is 29.7 Å². The first-order chi connectivity index (χ1) is 8.83. The third-order valence-corrected chi connectivity index (χ3v) is 2.68. The monoisotopic (exact) mass is 263 g/mol. The topological polar surface area (TPSA) is 80.2 Å². The van der Waals surface area contributed by atoms with Crippen molar-refractivity contribution < 1.29 is 24.4 Å². The molecule has 0 aromatic rings. The molecule has 3 N–H and O–H groups in total. The minimum Gasteiger partial charge on any atom is -0.394 e. The zero-order chi connectivity index (χ0) is 13.1. The summed E-state index contributed by atoms with van der Waals surface area (Å²) in [4.78, 5) is 0. The maximum absolute atomic E-state index is 9.62. The van der Waals surface area contributed by atoms with E-state index in [9.17, 15) is 5.11 Å². The highest BCUT2D eigenvalue weighted by Crippen LogP contribution is 2.11. The van der Waals surface area contributed by atoms with Crippen molar-refractivity contribution >= 4 is 0 Å². The molecule has 0 unspecified atom stereocenters. The molecule has 1 saturated heterocycles. The van der Waals surface area contributed by atoms with E-state index in [2.05, 4.69) is 5.32 Å². The lowest BCUT2D eigenvalue weighted by Crippen LogP contribution is -2.33. The quantitative estimate of drug-likeness (QED) is 0.421. The van der Waals surface area contributed by atoms with Crippen molar-refractivity contribution in [3.05, 3.63) is 0 Å². The van der Waals surface area contributed by atoms with Gasteiger partial charge in [-0.05, 0) is 12.8 Å². The fraction of sp³-hybridized carbons (Fsp3) is 1.00. The molecule has 0 saturated carbocycles. The van der Waals surface area contributed by atoms with Crippen LogP contribution in [0.4, 0.5) is 0 Å². The Kier molecular flexibility index (Phi) is 9.37. The van der Waals surface area contributed by atoms with Crippen molar-refractivity contribution in [2.24, 2.45) is 0 Å². The maximum atomic E-state index is 9.62. The van der Waals surface area contributed by atoms with Crippen LogP contribution in [-0.4, -0.2) is 75.2 Å². The molecule has 0 radical (unpaired) electrons.